The van der Waals surface area contributed by atoms with Crippen LogP contribution < -0.4 is 5.32 Å². The van der Waals surface area contributed by atoms with Gasteiger partial charge in [0.15, 0.2) is 0 Å². The lowest BCUT2D eigenvalue weighted by Gasteiger charge is -2.11. The third-order valence-corrected chi connectivity index (χ3v) is 3.67. The second kappa shape index (κ2) is 5.20. The molecule has 0 aliphatic heterocycles. The minimum absolute atomic E-state index is 0.626. The number of nitrogens with one attached hydrogen (secondary N) is 1. The number of hydrogen-bond donors (Lipinski definition) is 1. The van der Waals surface area contributed by atoms with Gasteiger partial charge in [0, 0.05) is 12.6 Å². The fraction of sp³-hybridized carbons (Fsp3) is 0.500. The Morgan fingerprint density at radius 2 is 1.87 bits per heavy atom. The Balaban J connectivity index is 1.90. The Morgan fingerprint density at radius 3 is 2.53 bits per heavy atom. The fourth-order valence-electron chi connectivity index (χ4n) is 2.04. The van der Waals surface area contributed by atoms with Crippen LogP contribution in [0.3, 0.4) is 0 Å². The first kappa shape index (κ1) is 11.3. The van der Waals surface area contributed by atoms with E-state index >= 15 is 0 Å². The van der Waals surface area contributed by atoms with E-state index in [9.17, 15) is 0 Å². The summed E-state index contributed by atoms with van der Waals surface area (Å²) >= 11 is 11.8. The minimum atomic E-state index is 0.626. The number of hydrogen-bond acceptors (Lipinski definition) is 1. The van der Waals surface area contributed by atoms with E-state index < -0.39 is 0 Å². The van der Waals surface area contributed by atoms with Crippen molar-refractivity contribution >= 4 is 23.2 Å². The molecule has 1 aliphatic rings. The molecule has 0 heterocycles. The van der Waals surface area contributed by atoms with Gasteiger partial charge >= 0.3 is 0 Å². The van der Waals surface area contributed by atoms with Crippen LogP contribution in [0.5, 0.6) is 0 Å². The van der Waals surface area contributed by atoms with Crippen molar-refractivity contribution in [3.8, 4) is 0 Å². The quantitative estimate of drug-likeness (QED) is 0.846. The van der Waals surface area contributed by atoms with Gasteiger partial charge in [-0.25, -0.2) is 0 Å². The van der Waals surface area contributed by atoms with Gasteiger partial charge in [0.2, 0.25) is 0 Å². The molecule has 1 saturated carbocycles. The Labute approximate surface area is 101 Å². The van der Waals surface area contributed by atoms with E-state index in [-0.39, 0.29) is 0 Å². The van der Waals surface area contributed by atoms with Crippen molar-refractivity contribution in [1.29, 1.82) is 0 Å². The van der Waals surface area contributed by atoms with Crippen LogP contribution in [0.25, 0.3) is 0 Å². The highest BCUT2D eigenvalue weighted by molar-refractivity contribution is 6.42. The van der Waals surface area contributed by atoms with E-state index in [2.05, 4.69) is 5.32 Å². The molecule has 0 saturated heterocycles. The topological polar surface area (TPSA) is 12.0 Å². The summed E-state index contributed by atoms with van der Waals surface area (Å²) in [5.74, 6) is 0. The Hall–Kier alpha value is -0.240. The van der Waals surface area contributed by atoms with Crippen molar-refractivity contribution in [2.45, 2.75) is 38.3 Å². The average molecular weight is 244 g/mol. The van der Waals surface area contributed by atoms with E-state index in [0.29, 0.717) is 16.1 Å². The van der Waals surface area contributed by atoms with Crippen LogP contribution in [0.2, 0.25) is 10.0 Å². The molecule has 1 aliphatic carbocycles. The number of rotatable bonds is 3. The van der Waals surface area contributed by atoms with Crippen LogP contribution in [0.4, 0.5) is 0 Å². The predicted molar refractivity (Wildman–Crippen MR) is 65.6 cm³/mol. The first-order valence-corrected chi connectivity index (χ1v) is 6.18. The monoisotopic (exact) mass is 243 g/mol. The SMILES string of the molecule is Clc1ccc(CNC2CCCC2)cc1Cl. The van der Waals surface area contributed by atoms with Gasteiger partial charge in [-0.3, -0.25) is 0 Å². The molecule has 1 aromatic rings. The summed E-state index contributed by atoms with van der Waals surface area (Å²) < 4.78 is 0. The minimum Gasteiger partial charge on any atom is -0.310 e. The molecule has 1 aromatic carbocycles. The molecule has 3 heteroatoms. The molecule has 0 radical (unpaired) electrons. The number of halogens is 2. The molecule has 0 aromatic heterocycles. The second-order valence-electron chi connectivity index (χ2n) is 4.11. The molecule has 0 spiro atoms. The lowest BCUT2D eigenvalue weighted by molar-refractivity contribution is 0.524. The highest BCUT2D eigenvalue weighted by atomic mass is 35.5. The highest BCUT2D eigenvalue weighted by Gasteiger charge is 2.13. The zero-order chi connectivity index (χ0) is 10.7. The average Bonchev–Trinajstić information content (AvgIpc) is 2.73. The predicted octanol–water partition coefficient (Wildman–Crippen LogP) is 4.03. The van der Waals surface area contributed by atoms with Crippen LogP contribution in [0.1, 0.15) is 31.2 Å². The largest absolute Gasteiger partial charge is 0.310 e. The van der Waals surface area contributed by atoms with E-state index in [1.807, 2.05) is 18.2 Å². The fourth-order valence-corrected chi connectivity index (χ4v) is 2.36. The van der Waals surface area contributed by atoms with E-state index in [1.165, 1.54) is 31.2 Å². The van der Waals surface area contributed by atoms with Gasteiger partial charge in [0.05, 0.1) is 10.0 Å². The molecule has 2 rings (SSSR count). The molecule has 82 valence electrons. The first-order valence-electron chi connectivity index (χ1n) is 5.43. The van der Waals surface area contributed by atoms with Gasteiger partial charge in [-0.1, -0.05) is 42.1 Å². The van der Waals surface area contributed by atoms with Crippen LogP contribution in [0, 0.1) is 0 Å². The van der Waals surface area contributed by atoms with Crippen molar-refractivity contribution < 1.29 is 0 Å². The maximum atomic E-state index is 5.95. The van der Waals surface area contributed by atoms with E-state index in [1.54, 1.807) is 0 Å². The zero-order valence-corrected chi connectivity index (χ0v) is 10.1. The lowest BCUT2D eigenvalue weighted by Crippen LogP contribution is -2.25. The Bertz CT molecular complexity index is 332. The molecular formula is C12H15Cl2N. The normalized spacial score (nSPS) is 17.2. The van der Waals surface area contributed by atoms with Crippen molar-refractivity contribution in [3.05, 3.63) is 33.8 Å². The summed E-state index contributed by atoms with van der Waals surface area (Å²) in [6, 6.07) is 6.51. The van der Waals surface area contributed by atoms with Crippen LogP contribution >= 0.6 is 23.2 Å². The van der Waals surface area contributed by atoms with Crippen LogP contribution in [0.15, 0.2) is 18.2 Å². The van der Waals surface area contributed by atoms with Crippen LogP contribution in [-0.4, -0.2) is 6.04 Å². The summed E-state index contributed by atoms with van der Waals surface area (Å²) in [5.41, 5.74) is 1.20. The maximum Gasteiger partial charge on any atom is 0.0595 e. The van der Waals surface area contributed by atoms with Gasteiger partial charge in [0.25, 0.3) is 0 Å². The molecular weight excluding hydrogens is 229 g/mol. The summed E-state index contributed by atoms with van der Waals surface area (Å²) in [5, 5.41) is 4.81. The van der Waals surface area contributed by atoms with Gasteiger partial charge in [-0.05, 0) is 30.5 Å². The molecule has 1 nitrogen and oxygen atoms in total. The third-order valence-electron chi connectivity index (χ3n) is 2.93. The first-order chi connectivity index (χ1) is 7.25. The van der Waals surface area contributed by atoms with Gasteiger partial charge in [-0.2, -0.15) is 0 Å². The molecule has 1 N–H and O–H groups in total. The van der Waals surface area contributed by atoms with Crippen molar-refractivity contribution in [3.63, 3.8) is 0 Å². The second-order valence-corrected chi connectivity index (χ2v) is 4.93. The molecule has 0 amide bonds. The van der Waals surface area contributed by atoms with Gasteiger partial charge in [0.1, 0.15) is 0 Å². The van der Waals surface area contributed by atoms with Gasteiger partial charge < -0.3 is 5.32 Å². The summed E-state index contributed by atoms with van der Waals surface area (Å²) in [6.07, 6.45) is 5.33. The Morgan fingerprint density at radius 1 is 1.13 bits per heavy atom. The number of benzene rings is 1. The van der Waals surface area contributed by atoms with Gasteiger partial charge in [-0.15, -0.1) is 0 Å². The summed E-state index contributed by atoms with van der Waals surface area (Å²) in [6.45, 7) is 0.890. The highest BCUT2D eigenvalue weighted by Crippen LogP contribution is 2.23. The van der Waals surface area contributed by atoms with Crippen molar-refractivity contribution in [1.82, 2.24) is 5.32 Å². The molecule has 15 heavy (non-hydrogen) atoms. The molecule has 0 atom stereocenters. The smallest absolute Gasteiger partial charge is 0.0595 e. The van der Waals surface area contributed by atoms with Crippen LogP contribution in [-0.2, 0) is 6.54 Å². The lowest BCUT2D eigenvalue weighted by atomic mass is 10.2. The summed E-state index contributed by atoms with van der Waals surface area (Å²) in [7, 11) is 0. The standard InChI is InChI=1S/C12H15Cl2N/c13-11-6-5-9(7-12(11)14)8-15-10-3-1-2-4-10/h5-7,10,15H,1-4,8H2. The van der Waals surface area contributed by atoms with E-state index in [4.69, 9.17) is 23.2 Å². The van der Waals surface area contributed by atoms with Crippen molar-refractivity contribution in [2.75, 3.05) is 0 Å². The van der Waals surface area contributed by atoms with E-state index in [0.717, 1.165) is 6.54 Å². The molecule has 1 fully saturated rings. The Kier molecular flexibility index (Phi) is 3.90. The molecule has 0 bridgehead atoms. The molecule has 0 unspecified atom stereocenters. The third kappa shape index (κ3) is 3.10. The maximum absolute atomic E-state index is 5.95. The van der Waals surface area contributed by atoms with Crippen molar-refractivity contribution in [2.24, 2.45) is 0 Å². The zero-order valence-electron chi connectivity index (χ0n) is 8.60. The summed E-state index contributed by atoms with van der Waals surface area (Å²) in [4.78, 5) is 0.